The van der Waals surface area contributed by atoms with E-state index in [9.17, 15) is 13.2 Å². The van der Waals surface area contributed by atoms with Crippen molar-refractivity contribution in [2.75, 3.05) is 46.1 Å². The molecule has 1 aliphatic heterocycles. The fourth-order valence-corrected chi connectivity index (χ4v) is 3.57. The van der Waals surface area contributed by atoms with Crippen LogP contribution in [-0.2, 0) is 14.8 Å². The van der Waals surface area contributed by atoms with Gasteiger partial charge in [0.1, 0.15) is 5.75 Å². The van der Waals surface area contributed by atoms with E-state index in [1.165, 1.54) is 7.05 Å². The molecule has 0 spiro atoms. The average molecular weight is 392 g/mol. The first kappa shape index (κ1) is 21.7. The molecule has 0 aromatic heterocycles. The Labute approximate surface area is 155 Å². The van der Waals surface area contributed by atoms with Crippen LogP contribution >= 0.6 is 12.4 Å². The van der Waals surface area contributed by atoms with Crippen molar-refractivity contribution in [3.63, 3.8) is 0 Å². The van der Waals surface area contributed by atoms with Gasteiger partial charge in [0.25, 0.3) is 0 Å². The molecule has 7 nitrogen and oxygen atoms in total. The third kappa shape index (κ3) is 5.07. The van der Waals surface area contributed by atoms with Crippen LogP contribution in [0, 0.1) is 0 Å². The predicted molar refractivity (Wildman–Crippen MR) is 99.7 cm³/mol. The Morgan fingerprint density at radius 3 is 2.72 bits per heavy atom. The normalized spacial score (nSPS) is 17.9. The van der Waals surface area contributed by atoms with Gasteiger partial charge in [-0.1, -0.05) is 18.2 Å². The number of halogens is 1. The molecule has 142 valence electrons. The molecule has 1 atom stereocenters. The maximum Gasteiger partial charge on any atom is 0.238 e. The molecule has 1 saturated heterocycles. The monoisotopic (exact) mass is 391 g/mol. The number of carbonyl (C=O) groups is 1. The SMILES string of the molecule is CCS(=O)(=O)N(C)CC(=O)N1CCNCC1c1ccccc1OC.Cl. The Balaban J connectivity index is 0.00000312. The van der Waals surface area contributed by atoms with Crippen LogP contribution in [0.3, 0.4) is 0 Å². The van der Waals surface area contributed by atoms with Gasteiger partial charge < -0.3 is 15.0 Å². The number of hydrogen-bond donors (Lipinski definition) is 1. The summed E-state index contributed by atoms with van der Waals surface area (Å²) in [5.41, 5.74) is 0.918. The molecule has 1 aromatic rings. The van der Waals surface area contributed by atoms with Gasteiger partial charge in [0, 0.05) is 32.2 Å². The number of sulfonamides is 1. The van der Waals surface area contributed by atoms with Crippen molar-refractivity contribution in [3.8, 4) is 5.75 Å². The summed E-state index contributed by atoms with van der Waals surface area (Å²) in [5.74, 6) is 0.499. The molecule has 0 saturated carbocycles. The van der Waals surface area contributed by atoms with Gasteiger partial charge in [-0.15, -0.1) is 12.4 Å². The summed E-state index contributed by atoms with van der Waals surface area (Å²) < 4.78 is 30.3. The molecule has 1 aromatic carbocycles. The van der Waals surface area contributed by atoms with Gasteiger partial charge in [0.2, 0.25) is 15.9 Å². The van der Waals surface area contributed by atoms with Crippen molar-refractivity contribution in [2.45, 2.75) is 13.0 Å². The molecule has 2 rings (SSSR count). The lowest BCUT2D eigenvalue weighted by Gasteiger charge is -2.37. The van der Waals surface area contributed by atoms with E-state index >= 15 is 0 Å². The summed E-state index contributed by atoms with van der Waals surface area (Å²) in [6.45, 7) is 3.24. The van der Waals surface area contributed by atoms with Crippen molar-refractivity contribution >= 4 is 28.3 Å². The third-order valence-electron chi connectivity index (χ3n) is 4.26. The van der Waals surface area contributed by atoms with Crippen LogP contribution in [0.2, 0.25) is 0 Å². The Hall–Kier alpha value is -1.35. The fraction of sp³-hybridized carbons (Fsp3) is 0.562. The number of methoxy groups -OCH3 is 1. The van der Waals surface area contributed by atoms with Crippen molar-refractivity contribution in [1.29, 1.82) is 0 Å². The zero-order valence-corrected chi connectivity index (χ0v) is 16.4. The molecule has 1 N–H and O–H groups in total. The molecule has 9 heteroatoms. The van der Waals surface area contributed by atoms with E-state index in [2.05, 4.69) is 5.32 Å². The van der Waals surface area contributed by atoms with Gasteiger partial charge in [-0.25, -0.2) is 8.42 Å². The molecule has 0 bridgehead atoms. The van der Waals surface area contributed by atoms with Crippen molar-refractivity contribution < 1.29 is 17.9 Å². The second-order valence-corrected chi connectivity index (χ2v) is 8.07. The summed E-state index contributed by atoms with van der Waals surface area (Å²) in [6, 6.07) is 7.40. The van der Waals surface area contributed by atoms with Crippen LogP contribution in [0.5, 0.6) is 5.75 Å². The second kappa shape index (κ2) is 9.38. The number of likely N-dealkylation sites (N-methyl/N-ethyl adjacent to an activating group) is 1. The molecule has 25 heavy (non-hydrogen) atoms. The van der Waals surface area contributed by atoms with Gasteiger partial charge in [0.15, 0.2) is 0 Å². The van der Waals surface area contributed by atoms with Crippen LogP contribution in [0.4, 0.5) is 0 Å². The number of nitrogens with one attached hydrogen (secondary N) is 1. The maximum absolute atomic E-state index is 12.7. The number of nitrogens with zero attached hydrogens (tertiary/aromatic N) is 2. The van der Waals surface area contributed by atoms with E-state index in [-0.39, 0.29) is 36.7 Å². The number of rotatable bonds is 6. The van der Waals surface area contributed by atoms with E-state index in [0.717, 1.165) is 15.6 Å². The molecule has 0 radical (unpaired) electrons. The van der Waals surface area contributed by atoms with Gasteiger partial charge in [-0.3, -0.25) is 4.79 Å². The first-order valence-corrected chi connectivity index (χ1v) is 9.58. The first-order valence-electron chi connectivity index (χ1n) is 7.97. The zero-order chi connectivity index (χ0) is 17.7. The van der Waals surface area contributed by atoms with Crippen LogP contribution < -0.4 is 10.1 Å². The third-order valence-corrected chi connectivity index (χ3v) is 6.07. The lowest BCUT2D eigenvalue weighted by molar-refractivity contribution is -0.134. The minimum absolute atomic E-state index is 0. The van der Waals surface area contributed by atoms with Gasteiger partial charge in [-0.2, -0.15) is 4.31 Å². The van der Waals surface area contributed by atoms with Gasteiger partial charge in [0.05, 0.1) is 25.4 Å². The lowest BCUT2D eigenvalue weighted by Crippen LogP contribution is -2.51. The second-order valence-electron chi connectivity index (χ2n) is 5.71. The molecule has 1 amide bonds. The van der Waals surface area contributed by atoms with E-state index in [0.29, 0.717) is 19.6 Å². The van der Waals surface area contributed by atoms with Crippen molar-refractivity contribution in [2.24, 2.45) is 0 Å². The largest absolute Gasteiger partial charge is 0.496 e. The zero-order valence-electron chi connectivity index (χ0n) is 14.8. The summed E-state index contributed by atoms with van der Waals surface area (Å²) in [5, 5.41) is 3.28. The van der Waals surface area contributed by atoms with Crippen LogP contribution in [0.15, 0.2) is 24.3 Å². The number of carbonyl (C=O) groups excluding carboxylic acids is 1. The quantitative estimate of drug-likeness (QED) is 0.778. The van der Waals surface area contributed by atoms with E-state index in [4.69, 9.17) is 4.74 Å². The molecule has 1 fully saturated rings. The summed E-state index contributed by atoms with van der Waals surface area (Å²) in [4.78, 5) is 14.4. The predicted octanol–water partition coefficient (Wildman–Crippen LogP) is 0.871. The number of benzene rings is 1. The smallest absolute Gasteiger partial charge is 0.238 e. The maximum atomic E-state index is 12.7. The highest BCUT2D eigenvalue weighted by atomic mass is 35.5. The molecule has 0 aliphatic carbocycles. The molecular formula is C16H26ClN3O4S. The number of ether oxygens (including phenoxy) is 1. The molecule has 1 aliphatic rings. The lowest BCUT2D eigenvalue weighted by atomic mass is 10.0. The number of hydrogen-bond acceptors (Lipinski definition) is 5. The molecular weight excluding hydrogens is 366 g/mol. The van der Waals surface area contributed by atoms with Crippen LogP contribution in [-0.4, -0.2) is 69.6 Å². The Bertz CT molecular complexity index is 684. The minimum Gasteiger partial charge on any atom is -0.496 e. The highest BCUT2D eigenvalue weighted by Gasteiger charge is 2.31. The van der Waals surface area contributed by atoms with Gasteiger partial charge >= 0.3 is 0 Å². The Morgan fingerprint density at radius 2 is 2.08 bits per heavy atom. The first-order chi connectivity index (χ1) is 11.4. The highest BCUT2D eigenvalue weighted by Crippen LogP contribution is 2.30. The fourth-order valence-electron chi connectivity index (χ4n) is 2.82. The topological polar surface area (TPSA) is 79.0 Å². The van der Waals surface area contributed by atoms with Crippen LogP contribution in [0.1, 0.15) is 18.5 Å². The van der Waals surface area contributed by atoms with Crippen LogP contribution in [0.25, 0.3) is 0 Å². The highest BCUT2D eigenvalue weighted by molar-refractivity contribution is 7.89. The van der Waals surface area contributed by atoms with E-state index in [1.54, 1.807) is 18.9 Å². The Kier molecular flexibility index (Phi) is 8.14. The summed E-state index contributed by atoms with van der Waals surface area (Å²) in [6.07, 6.45) is 0. The van der Waals surface area contributed by atoms with E-state index < -0.39 is 10.0 Å². The molecule has 1 heterocycles. The molecule has 1 unspecified atom stereocenters. The van der Waals surface area contributed by atoms with Crippen molar-refractivity contribution in [1.82, 2.24) is 14.5 Å². The number of para-hydroxylation sites is 1. The number of piperazine rings is 1. The average Bonchev–Trinajstić information content (AvgIpc) is 2.61. The van der Waals surface area contributed by atoms with Gasteiger partial charge in [-0.05, 0) is 13.0 Å². The summed E-state index contributed by atoms with van der Waals surface area (Å²) in [7, 11) is -0.340. The Morgan fingerprint density at radius 1 is 1.40 bits per heavy atom. The number of amides is 1. The van der Waals surface area contributed by atoms with Crippen molar-refractivity contribution in [3.05, 3.63) is 29.8 Å². The summed E-state index contributed by atoms with van der Waals surface area (Å²) >= 11 is 0. The van der Waals surface area contributed by atoms with E-state index in [1.807, 2.05) is 24.3 Å². The standard InChI is InChI=1S/C16H25N3O4S.ClH/c1-4-24(21,22)18(2)12-16(20)19-10-9-17-11-14(19)13-7-5-6-8-15(13)23-3;/h5-8,14,17H,4,9-12H2,1-3H3;1H. The minimum atomic E-state index is -3.38.